The van der Waals surface area contributed by atoms with Crippen LogP contribution in [-0.4, -0.2) is 36.4 Å². The Morgan fingerprint density at radius 3 is 1.68 bits per heavy atom. The van der Waals surface area contributed by atoms with Crippen LogP contribution in [0.25, 0.3) is 33.5 Å². The molecule has 0 amide bonds. The second kappa shape index (κ2) is 6.55. The molecule has 7 heteroatoms. The van der Waals surface area contributed by atoms with Gasteiger partial charge in [0.2, 0.25) is 0 Å². The summed E-state index contributed by atoms with van der Waals surface area (Å²) >= 11 is 0. The molecular weight excluding hydrogens is 360 g/mol. The number of nitrogens with zero attached hydrogens (tertiary/aromatic N) is 2. The van der Waals surface area contributed by atoms with Crippen molar-refractivity contribution in [2.75, 3.05) is 0 Å². The first kappa shape index (κ1) is 17.3. The monoisotopic (exact) mass is 374 g/mol. The Kier molecular flexibility index (Phi) is 4.04. The van der Waals surface area contributed by atoms with Gasteiger partial charge in [0.25, 0.3) is 0 Å². The zero-order valence-electron chi connectivity index (χ0n) is 14.4. The molecule has 1 aromatic heterocycles. The highest BCUT2D eigenvalue weighted by Gasteiger charge is 2.17. The number of hydrogen-bond donors (Lipinski definition) is 4. The van der Waals surface area contributed by atoms with Crippen LogP contribution in [0.5, 0.6) is 17.2 Å². The van der Waals surface area contributed by atoms with E-state index in [2.05, 4.69) is 9.97 Å². The van der Waals surface area contributed by atoms with E-state index in [1.54, 1.807) is 24.3 Å². The molecule has 4 N–H and O–H groups in total. The van der Waals surface area contributed by atoms with Crippen molar-refractivity contribution in [2.24, 2.45) is 0 Å². The van der Waals surface area contributed by atoms with E-state index in [1.807, 2.05) is 0 Å². The molecule has 3 aromatic carbocycles. The molecule has 0 saturated heterocycles. The molecule has 7 nitrogen and oxygen atoms in total. The number of phenolic OH excluding ortho intramolecular Hbond substituents is 2. The van der Waals surface area contributed by atoms with Gasteiger partial charge in [0.05, 0.1) is 22.4 Å². The molecule has 0 aliphatic heterocycles. The number of carbonyl (C=O) groups is 1. The summed E-state index contributed by atoms with van der Waals surface area (Å²) in [6.45, 7) is 0. The van der Waals surface area contributed by atoms with Gasteiger partial charge in [0.1, 0.15) is 22.8 Å². The second-order valence-corrected chi connectivity index (χ2v) is 6.18. The Labute approximate surface area is 158 Å². The third kappa shape index (κ3) is 3.05. The topological polar surface area (TPSA) is 124 Å². The minimum Gasteiger partial charge on any atom is -0.508 e. The van der Waals surface area contributed by atoms with E-state index in [0.717, 1.165) is 0 Å². The van der Waals surface area contributed by atoms with Crippen molar-refractivity contribution in [1.82, 2.24) is 9.97 Å². The van der Waals surface area contributed by atoms with Crippen LogP contribution in [0, 0.1) is 0 Å². The van der Waals surface area contributed by atoms with Crippen molar-refractivity contribution in [3.8, 4) is 39.8 Å². The molecule has 0 bridgehead atoms. The number of hydrogen-bond acceptors (Lipinski definition) is 6. The summed E-state index contributed by atoms with van der Waals surface area (Å²) in [6.07, 6.45) is 0. The van der Waals surface area contributed by atoms with Gasteiger partial charge in [-0.25, -0.2) is 14.8 Å². The van der Waals surface area contributed by atoms with E-state index < -0.39 is 11.7 Å². The smallest absolute Gasteiger partial charge is 0.339 e. The molecule has 0 unspecified atom stereocenters. The number of carboxylic acid groups (broad SMARTS) is 1. The lowest BCUT2D eigenvalue weighted by atomic mass is 10.0. The number of fused-ring (bicyclic) bond motifs is 1. The fourth-order valence-corrected chi connectivity index (χ4v) is 2.97. The Hall–Kier alpha value is -4.13. The molecule has 0 atom stereocenters. The lowest BCUT2D eigenvalue weighted by Gasteiger charge is -2.12. The van der Waals surface area contributed by atoms with Gasteiger partial charge in [-0.1, -0.05) is 24.3 Å². The highest BCUT2D eigenvalue weighted by atomic mass is 16.4. The van der Waals surface area contributed by atoms with Gasteiger partial charge >= 0.3 is 5.97 Å². The van der Waals surface area contributed by atoms with Crippen LogP contribution in [0.4, 0.5) is 0 Å². The number of phenols is 3. The molecule has 28 heavy (non-hydrogen) atoms. The maximum atomic E-state index is 11.3. The maximum Gasteiger partial charge on any atom is 0.339 e. The van der Waals surface area contributed by atoms with E-state index >= 15 is 0 Å². The molecule has 0 spiro atoms. The number of aromatic carboxylic acids is 1. The molecular formula is C21H14N2O5. The summed E-state index contributed by atoms with van der Waals surface area (Å²) in [5.74, 6) is -1.61. The van der Waals surface area contributed by atoms with E-state index in [9.17, 15) is 25.2 Å². The fraction of sp³-hybridized carbons (Fsp3) is 0. The first-order valence-electron chi connectivity index (χ1n) is 8.29. The van der Waals surface area contributed by atoms with Crippen molar-refractivity contribution >= 4 is 17.0 Å². The predicted octanol–water partition coefficient (Wildman–Crippen LogP) is 3.78. The van der Waals surface area contributed by atoms with Crippen LogP contribution in [0.2, 0.25) is 0 Å². The van der Waals surface area contributed by atoms with Crippen LogP contribution in [-0.2, 0) is 0 Å². The summed E-state index contributed by atoms with van der Waals surface area (Å²) < 4.78 is 0. The zero-order valence-corrected chi connectivity index (χ0v) is 14.4. The highest BCUT2D eigenvalue weighted by molar-refractivity contribution is 5.97. The molecule has 4 aromatic rings. The maximum absolute atomic E-state index is 11.3. The Morgan fingerprint density at radius 1 is 0.714 bits per heavy atom. The second-order valence-electron chi connectivity index (χ2n) is 6.18. The van der Waals surface area contributed by atoms with Gasteiger partial charge in [0.15, 0.2) is 0 Å². The summed E-state index contributed by atoms with van der Waals surface area (Å²) in [4.78, 5) is 20.4. The number of rotatable bonds is 3. The first-order valence-corrected chi connectivity index (χ1v) is 8.29. The van der Waals surface area contributed by atoms with Crippen molar-refractivity contribution in [3.05, 3.63) is 66.2 Å². The van der Waals surface area contributed by atoms with Crippen molar-refractivity contribution in [1.29, 1.82) is 0 Å². The Morgan fingerprint density at radius 2 is 1.21 bits per heavy atom. The normalized spacial score (nSPS) is 10.9. The molecule has 4 rings (SSSR count). The van der Waals surface area contributed by atoms with Crippen LogP contribution >= 0.6 is 0 Å². The zero-order chi connectivity index (χ0) is 19.8. The molecule has 0 fully saturated rings. The van der Waals surface area contributed by atoms with E-state index in [-0.39, 0.29) is 22.6 Å². The highest BCUT2D eigenvalue weighted by Crippen LogP contribution is 2.34. The quantitative estimate of drug-likeness (QED) is 0.430. The van der Waals surface area contributed by atoms with Crippen LogP contribution < -0.4 is 0 Å². The SMILES string of the molecule is O=C(O)c1cc2nc(-c3cccc(O)c3)c(-c3cccc(O)c3)nc2cc1O. The Bertz CT molecular complexity index is 1240. The third-order valence-corrected chi connectivity index (χ3v) is 4.25. The molecule has 0 aliphatic rings. The van der Waals surface area contributed by atoms with Gasteiger partial charge in [-0.2, -0.15) is 0 Å². The van der Waals surface area contributed by atoms with E-state index in [0.29, 0.717) is 28.0 Å². The number of aromatic hydroxyl groups is 3. The molecule has 1 heterocycles. The largest absolute Gasteiger partial charge is 0.508 e. The standard InChI is InChI=1S/C21H14N2O5/c24-13-5-1-3-11(7-13)19-20(12-4-2-6-14(25)8-12)23-17-10-18(26)15(21(27)28)9-16(17)22-19/h1-10,24-26H,(H,27,28). The van der Waals surface area contributed by atoms with E-state index in [4.69, 9.17) is 0 Å². The number of carboxylic acids is 1. The number of benzene rings is 3. The van der Waals surface area contributed by atoms with E-state index in [1.165, 1.54) is 36.4 Å². The summed E-state index contributed by atoms with van der Waals surface area (Å²) in [5.41, 5.74) is 2.25. The fourth-order valence-electron chi connectivity index (χ4n) is 2.97. The lowest BCUT2D eigenvalue weighted by molar-refractivity contribution is 0.0694. The van der Waals surface area contributed by atoms with Crippen LogP contribution in [0.15, 0.2) is 60.7 Å². The number of aromatic nitrogens is 2. The van der Waals surface area contributed by atoms with Gasteiger partial charge in [0, 0.05) is 17.2 Å². The summed E-state index contributed by atoms with van der Waals surface area (Å²) in [7, 11) is 0. The molecule has 0 saturated carbocycles. The summed E-state index contributed by atoms with van der Waals surface area (Å²) in [5, 5.41) is 38.9. The van der Waals surface area contributed by atoms with Crippen LogP contribution in [0.3, 0.4) is 0 Å². The third-order valence-electron chi connectivity index (χ3n) is 4.25. The minimum atomic E-state index is -1.28. The van der Waals surface area contributed by atoms with Gasteiger partial charge in [-0.15, -0.1) is 0 Å². The van der Waals surface area contributed by atoms with Gasteiger partial charge < -0.3 is 20.4 Å². The lowest BCUT2D eigenvalue weighted by Crippen LogP contribution is -2.00. The Balaban J connectivity index is 2.06. The summed E-state index contributed by atoms with van der Waals surface area (Å²) in [6, 6.07) is 15.4. The average Bonchev–Trinajstić information content (AvgIpc) is 2.66. The van der Waals surface area contributed by atoms with Gasteiger partial charge in [-0.3, -0.25) is 0 Å². The van der Waals surface area contributed by atoms with Crippen molar-refractivity contribution in [3.63, 3.8) is 0 Å². The predicted molar refractivity (Wildman–Crippen MR) is 102 cm³/mol. The van der Waals surface area contributed by atoms with Crippen molar-refractivity contribution < 1.29 is 25.2 Å². The van der Waals surface area contributed by atoms with Gasteiger partial charge in [-0.05, 0) is 30.3 Å². The first-order chi connectivity index (χ1) is 13.4. The molecule has 0 radical (unpaired) electrons. The minimum absolute atomic E-state index is 0.0400. The molecule has 138 valence electrons. The van der Waals surface area contributed by atoms with Crippen molar-refractivity contribution in [2.45, 2.75) is 0 Å². The van der Waals surface area contributed by atoms with Crippen LogP contribution in [0.1, 0.15) is 10.4 Å². The molecule has 0 aliphatic carbocycles. The average molecular weight is 374 g/mol.